The van der Waals surface area contributed by atoms with Crippen molar-refractivity contribution in [1.29, 1.82) is 0 Å². The van der Waals surface area contributed by atoms with Gasteiger partial charge in [-0.15, -0.1) is 10.2 Å². The van der Waals surface area contributed by atoms with E-state index in [0.29, 0.717) is 57.6 Å². The van der Waals surface area contributed by atoms with Crippen LogP contribution in [-0.2, 0) is 4.70 Å². The number of nitrogens with zero attached hydrogens (tertiary/aromatic N) is 7. The molecule has 10 aromatic rings. The molecule has 0 saturated carbocycles. The van der Waals surface area contributed by atoms with Crippen molar-refractivity contribution < 1.29 is 46.9 Å². The summed E-state index contributed by atoms with van der Waals surface area (Å²) in [5.41, 5.74) is 21.6. The molecule has 20 nitrogen and oxygen atoms in total. The third-order valence-electron chi connectivity index (χ3n) is 12.7. The van der Waals surface area contributed by atoms with E-state index in [9.17, 15) is 37.5 Å². The molecule has 0 saturated heterocycles. The van der Waals surface area contributed by atoms with Gasteiger partial charge in [0, 0.05) is 101 Å². The van der Waals surface area contributed by atoms with Gasteiger partial charge < -0.3 is 21.5 Å². The Labute approximate surface area is 540 Å². The minimum absolute atomic E-state index is 0. The van der Waals surface area contributed by atoms with Gasteiger partial charge in [0.25, 0.3) is 5.91 Å². The van der Waals surface area contributed by atoms with E-state index in [1.54, 1.807) is 129 Å². The fourth-order valence-corrected chi connectivity index (χ4v) is 9.33. The molecule has 5 aromatic carbocycles. The summed E-state index contributed by atoms with van der Waals surface area (Å²) in [6.45, 7) is 5.22. The molecular weight excluding hydrogens is 1250 g/mol. The number of aromatic nitrogens is 7. The van der Waals surface area contributed by atoms with Crippen molar-refractivity contribution in [2.75, 3.05) is 27.8 Å². The predicted octanol–water partition coefficient (Wildman–Crippen LogP) is 12.1. The molecule has 91 heavy (non-hydrogen) atoms. The number of rotatable bonds is 18. The number of halogens is 6. The zero-order valence-corrected chi connectivity index (χ0v) is 50.3. The molecule has 1 unspecified atom stereocenters. The van der Waals surface area contributed by atoms with Gasteiger partial charge in [-0.25, -0.2) is 4.39 Å². The van der Waals surface area contributed by atoms with Gasteiger partial charge in [0.1, 0.15) is 11.9 Å². The van der Waals surface area contributed by atoms with Crippen molar-refractivity contribution in [3.05, 3.63) is 282 Å². The fourth-order valence-electron chi connectivity index (χ4n) is 8.08. The van der Waals surface area contributed by atoms with Gasteiger partial charge in [0.05, 0.1) is 5.02 Å². The van der Waals surface area contributed by atoms with Crippen LogP contribution in [0.3, 0.4) is 0 Å². The third kappa shape index (κ3) is 17.4. The molecule has 2 amide bonds. The summed E-state index contributed by atoms with van der Waals surface area (Å²) >= 11 is 24.5. The van der Waals surface area contributed by atoms with Crippen molar-refractivity contribution in [2.24, 2.45) is 0 Å². The quantitative estimate of drug-likeness (QED) is 0.0231. The molecule has 0 aliphatic carbocycles. The first-order chi connectivity index (χ1) is 43.2. The van der Waals surface area contributed by atoms with Crippen LogP contribution in [-0.4, -0.2) is 80.1 Å². The second-order valence-electron chi connectivity index (χ2n) is 18.8. The Kier molecular flexibility index (Phi) is 23.5. The zero-order chi connectivity index (χ0) is 64.6. The van der Waals surface area contributed by atoms with Crippen LogP contribution < -0.4 is 37.3 Å². The number of carbonyl (C=O) groups is 5. The van der Waals surface area contributed by atoms with Crippen LogP contribution in [0.1, 0.15) is 99.0 Å². The molecule has 0 bridgehead atoms. The first-order valence-electron chi connectivity index (χ1n) is 26.2. The summed E-state index contributed by atoms with van der Waals surface area (Å²) in [5, 5.41) is 20.1. The number of nitrogens with two attached hydrogens (primary N) is 3. The summed E-state index contributed by atoms with van der Waals surface area (Å²) < 4.78 is 51.2. The Bertz CT molecular complexity index is 4320. The Balaban J connectivity index is 0.000000209. The molecule has 28 heteroatoms. The van der Waals surface area contributed by atoms with Gasteiger partial charge in [-0.2, -0.15) is 0 Å². The molecule has 0 spiro atoms. The van der Waals surface area contributed by atoms with E-state index < -0.39 is 35.7 Å². The van der Waals surface area contributed by atoms with E-state index in [2.05, 4.69) is 52.6 Å². The molecule has 5 aromatic heterocycles. The van der Waals surface area contributed by atoms with Crippen molar-refractivity contribution in [2.45, 2.75) is 19.1 Å². The normalized spacial score (nSPS) is 11.0. The molecular formula is C63H45B2Cl4F2N12O8. The SMILES string of the molecule is C=C(B=O)C(Oc1cc(C(=O)Nc2ccc(C(=O)c3ccncc3)cc2)nnc1N)c1c(Cl)ccc(F)c1Cl.C[C@@H](Oc1cc(C(=O)Nc2ccc(C(=O)c3ccncc3)cc2)nnc1N)c1c(Cl)ccc(F)c1Cl.Nc1ccc(C(=O)c2ccncc2)cc1.[B]. The summed E-state index contributed by atoms with van der Waals surface area (Å²) in [7, 11) is 0.393. The zero-order valence-electron chi connectivity index (χ0n) is 47.2. The number of carbonyl (C=O) groups excluding carboxylic acids is 5. The maximum absolute atomic E-state index is 14.2. The third-order valence-corrected chi connectivity index (χ3v) is 14.1. The second-order valence-corrected chi connectivity index (χ2v) is 20.4. The van der Waals surface area contributed by atoms with Crippen molar-refractivity contribution >= 4 is 120 Å². The van der Waals surface area contributed by atoms with Crippen LogP contribution in [0.2, 0.25) is 20.1 Å². The summed E-state index contributed by atoms with van der Waals surface area (Å²) in [4.78, 5) is 74.2. The van der Waals surface area contributed by atoms with Crippen molar-refractivity contribution in [3.8, 4) is 11.5 Å². The van der Waals surface area contributed by atoms with Gasteiger partial charge >= 0.3 is 187 Å². The standard InChI is InChI=1S/C26H17BCl2FN5O4.C25H18Cl2FN5O3.C12H10N2O.B/c1-13(27-38)24(21-17(28)6-7-18(30)22(21)29)39-20-12-19(34-35-25(20)31)26(37)33-16-4-2-14(3-5-16)23(36)15-8-10-32-11-9-15;1-13(21-17(26)6-7-18(28)22(21)27)36-20-12-19(32-33-24(20)29)25(35)31-16-4-2-14(3-5-16)23(34)15-8-10-30-11-9-15;13-11-3-1-9(2-4-11)12(15)10-5-7-14-8-6-10;/h2-12,24H,1H2,(H2,31,35)(H,33,37);2-13H,1H3,(H2,29,33)(H,31,35);1-8H,13H2;/t;13-;;/m.1../s1. The number of hydrogen-bond acceptors (Lipinski definition) is 18. The van der Waals surface area contributed by atoms with Crippen LogP contribution in [0.4, 0.5) is 37.5 Å². The van der Waals surface area contributed by atoms with Crippen molar-refractivity contribution in [3.63, 3.8) is 0 Å². The molecule has 0 fully saturated rings. The average molecular weight is 1300 g/mol. The summed E-state index contributed by atoms with van der Waals surface area (Å²) in [6, 6.07) is 36.6. The maximum Gasteiger partial charge on any atom is 0.276 e. The molecule has 453 valence electrons. The number of anilines is 5. The Morgan fingerprint density at radius 1 is 0.495 bits per heavy atom. The second kappa shape index (κ2) is 31.5. The minimum Gasteiger partial charge on any atom is -0.482 e. The molecule has 3 radical (unpaired) electrons. The number of ether oxygens (including phenoxy) is 2. The number of hydrogen-bond donors (Lipinski definition) is 5. The smallest absolute Gasteiger partial charge is 0.276 e. The Hall–Kier alpha value is -10.7. The van der Waals surface area contributed by atoms with Crippen LogP contribution in [0, 0.1) is 11.6 Å². The van der Waals surface area contributed by atoms with E-state index in [1.807, 2.05) is 0 Å². The molecule has 2 atom stereocenters. The van der Waals surface area contributed by atoms with Crippen molar-refractivity contribution in [1.82, 2.24) is 35.3 Å². The van der Waals surface area contributed by atoms with Gasteiger partial charge in [-0.1, -0.05) is 23.2 Å². The van der Waals surface area contributed by atoms with Crippen LogP contribution >= 0.6 is 46.4 Å². The topological polar surface area (TPSA) is 313 Å². The number of benzene rings is 5. The van der Waals surface area contributed by atoms with Gasteiger partial charge in [-0.05, 0) is 104 Å². The summed E-state index contributed by atoms with van der Waals surface area (Å²) in [6.07, 6.45) is 7.16. The van der Waals surface area contributed by atoms with Crippen LogP contribution in [0.5, 0.6) is 11.5 Å². The monoisotopic (exact) mass is 1300 g/mol. The molecule has 0 aliphatic heterocycles. The predicted molar refractivity (Wildman–Crippen MR) is 342 cm³/mol. The average Bonchev–Trinajstić information content (AvgIpc) is 1.82. The van der Waals surface area contributed by atoms with E-state index in [1.165, 1.54) is 49.1 Å². The maximum atomic E-state index is 14.2. The first kappa shape index (κ1) is 67.9. The van der Waals surface area contributed by atoms with E-state index in [4.69, 9.17) is 73.1 Å². The minimum atomic E-state index is -1.34. The Morgan fingerprint density at radius 3 is 1.22 bits per heavy atom. The number of pyridine rings is 3. The summed E-state index contributed by atoms with van der Waals surface area (Å²) in [5.74, 6) is -3.52. The Morgan fingerprint density at radius 2 is 0.835 bits per heavy atom. The molecule has 8 N–H and O–H groups in total. The van der Waals surface area contributed by atoms with E-state index in [-0.39, 0.29) is 97.0 Å². The largest absolute Gasteiger partial charge is 0.482 e. The number of amides is 2. The van der Waals surface area contributed by atoms with Gasteiger partial charge in [0.2, 0.25) is 0 Å². The number of nitrogen functional groups attached to an aromatic ring is 3. The van der Waals surface area contributed by atoms with E-state index >= 15 is 0 Å². The molecule has 10 rings (SSSR count). The fraction of sp³-hybridized carbons (Fsp3) is 0.0476. The number of nitrogens with one attached hydrogen (secondary N) is 2. The van der Waals surface area contributed by atoms with Crippen LogP contribution in [0.15, 0.2) is 195 Å². The van der Waals surface area contributed by atoms with Gasteiger partial charge in [-0.3, -0.25) is 34.1 Å². The van der Waals surface area contributed by atoms with Gasteiger partial charge in [0.15, 0.2) is 34.6 Å². The molecule has 5 heterocycles. The van der Waals surface area contributed by atoms with Crippen LogP contribution in [0.25, 0.3) is 0 Å². The first-order valence-corrected chi connectivity index (χ1v) is 27.7. The molecule has 0 aliphatic rings. The number of ketones is 3. The van der Waals surface area contributed by atoms with E-state index in [0.717, 1.165) is 12.1 Å².